The zero-order chi connectivity index (χ0) is 38.0. The Labute approximate surface area is 315 Å². The minimum atomic E-state index is -0.0315. The van der Waals surface area contributed by atoms with Crippen LogP contribution in [0.5, 0.6) is 11.5 Å². The SMILES string of the molecule is Cc1nn(-c2cc(Oc3ccc4c5ccccc5n(-c5cc(C(C)C)ccn5)c4c3)cc(C(C)C)c2)c(C)c1-c1c(C(C)(C)C)cccc1C(C)(C)C. The second kappa shape index (κ2) is 13.4. The molecule has 0 saturated heterocycles. The van der Waals surface area contributed by atoms with Gasteiger partial charge in [0.1, 0.15) is 17.3 Å². The van der Waals surface area contributed by atoms with Crippen LogP contribution in [0.4, 0.5) is 0 Å². The summed E-state index contributed by atoms with van der Waals surface area (Å²) in [5.41, 5.74) is 12.9. The van der Waals surface area contributed by atoms with Crippen LogP contribution in [0.15, 0.2) is 97.2 Å². The zero-order valence-corrected chi connectivity index (χ0v) is 33.6. The molecule has 4 aromatic carbocycles. The van der Waals surface area contributed by atoms with E-state index in [1.807, 2.05) is 6.20 Å². The zero-order valence-electron chi connectivity index (χ0n) is 33.6. The van der Waals surface area contributed by atoms with Crippen LogP contribution in [0, 0.1) is 13.8 Å². The fraction of sp³-hybridized carbons (Fsp3) is 0.333. The normalized spacial score (nSPS) is 12.5. The van der Waals surface area contributed by atoms with Crippen molar-refractivity contribution >= 4 is 21.8 Å². The molecule has 0 atom stereocenters. The molecule has 0 aliphatic carbocycles. The number of rotatable bonds is 7. The maximum absolute atomic E-state index is 6.80. The van der Waals surface area contributed by atoms with E-state index in [4.69, 9.17) is 14.8 Å². The van der Waals surface area contributed by atoms with Gasteiger partial charge in [-0.1, -0.05) is 106 Å². The lowest BCUT2D eigenvalue weighted by molar-refractivity contribution is 0.481. The summed E-state index contributed by atoms with van der Waals surface area (Å²) >= 11 is 0. The summed E-state index contributed by atoms with van der Waals surface area (Å²) < 4.78 is 11.2. The Morgan fingerprint density at radius 1 is 0.604 bits per heavy atom. The van der Waals surface area contributed by atoms with E-state index in [1.54, 1.807) is 0 Å². The molecular formula is C48H54N4O. The van der Waals surface area contributed by atoms with E-state index in [-0.39, 0.29) is 10.8 Å². The first kappa shape index (κ1) is 36.2. The van der Waals surface area contributed by atoms with Crippen molar-refractivity contribution in [1.82, 2.24) is 19.3 Å². The van der Waals surface area contributed by atoms with Crippen molar-refractivity contribution in [3.63, 3.8) is 0 Å². The van der Waals surface area contributed by atoms with Crippen molar-refractivity contribution in [3.8, 4) is 34.1 Å². The number of aromatic nitrogens is 4. The molecule has 53 heavy (non-hydrogen) atoms. The molecule has 272 valence electrons. The standard InChI is InChI=1S/C48H54N4O/c1-29(2)33-22-23-49-44(26-33)51-42-19-14-13-16-38(42)39-21-20-36(28-43(39)51)53-37-25-34(30(3)4)24-35(27-37)52-32(6)45(31(5)50-52)46-40(47(7,8)9)17-15-18-41(46)48(10,11)12/h13-30H,1-12H3. The number of benzene rings is 4. The van der Waals surface area contributed by atoms with E-state index in [0.29, 0.717) is 11.8 Å². The van der Waals surface area contributed by atoms with Crippen LogP contribution in [-0.2, 0) is 10.8 Å². The second-order valence-electron chi connectivity index (χ2n) is 17.3. The minimum absolute atomic E-state index is 0.0315. The third kappa shape index (κ3) is 6.67. The highest BCUT2D eigenvalue weighted by Crippen LogP contribution is 2.44. The Balaban J connectivity index is 1.36. The topological polar surface area (TPSA) is 44.9 Å². The minimum Gasteiger partial charge on any atom is -0.457 e. The van der Waals surface area contributed by atoms with Gasteiger partial charge in [0, 0.05) is 40.4 Å². The van der Waals surface area contributed by atoms with Gasteiger partial charge in [-0.05, 0) is 107 Å². The molecule has 3 heterocycles. The molecule has 7 aromatic rings. The maximum atomic E-state index is 6.80. The molecule has 0 spiro atoms. The van der Waals surface area contributed by atoms with Gasteiger partial charge in [-0.2, -0.15) is 5.10 Å². The van der Waals surface area contributed by atoms with Crippen LogP contribution >= 0.6 is 0 Å². The Morgan fingerprint density at radius 2 is 1.26 bits per heavy atom. The number of hydrogen-bond donors (Lipinski definition) is 0. The lowest BCUT2D eigenvalue weighted by Gasteiger charge is -2.30. The maximum Gasteiger partial charge on any atom is 0.137 e. The molecule has 0 bridgehead atoms. The molecule has 0 amide bonds. The van der Waals surface area contributed by atoms with Gasteiger partial charge in [0.15, 0.2) is 0 Å². The van der Waals surface area contributed by atoms with Crippen molar-refractivity contribution in [3.05, 3.63) is 131 Å². The summed E-state index contributed by atoms with van der Waals surface area (Å²) in [7, 11) is 0. The molecular weight excluding hydrogens is 649 g/mol. The van der Waals surface area contributed by atoms with E-state index in [2.05, 4.69) is 183 Å². The van der Waals surface area contributed by atoms with Crippen LogP contribution in [-0.4, -0.2) is 19.3 Å². The second-order valence-corrected chi connectivity index (χ2v) is 17.3. The van der Waals surface area contributed by atoms with Crippen LogP contribution in [0.3, 0.4) is 0 Å². The van der Waals surface area contributed by atoms with Gasteiger partial charge in [-0.3, -0.25) is 4.57 Å². The molecule has 7 rings (SSSR count). The third-order valence-electron chi connectivity index (χ3n) is 10.6. The molecule has 3 aromatic heterocycles. The van der Waals surface area contributed by atoms with Gasteiger partial charge < -0.3 is 4.74 Å². The number of hydrogen-bond acceptors (Lipinski definition) is 3. The number of nitrogens with zero attached hydrogens (tertiary/aromatic N) is 4. The van der Waals surface area contributed by atoms with Crippen molar-refractivity contribution in [2.45, 2.75) is 106 Å². The van der Waals surface area contributed by atoms with Crippen LogP contribution in [0.2, 0.25) is 0 Å². The summed E-state index contributed by atoms with van der Waals surface area (Å²) in [5.74, 6) is 3.17. The quantitative estimate of drug-likeness (QED) is 0.166. The molecule has 0 fully saturated rings. The predicted molar refractivity (Wildman–Crippen MR) is 223 cm³/mol. The fourth-order valence-electron chi connectivity index (χ4n) is 7.76. The first-order chi connectivity index (χ1) is 25.0. The molecule has 0 aliphatic heterocycles. The average molecular weight is 703 g/mol. The summed E-state index contributed by atoms with van der Waals surface area (Å²) in [4.78, 5) is 4.84. The largest absolute Gasteiger partial charge is 0.457 e. The van der Waals surface area contributed by atoms with Gasteiger partial charge in [0.2, 0.25) is 0 Å². The summed E-state index contributed by atoms with van der Waals surface area (Å²) in [6, 6.07) is 32.6. The Hall–Kier alpha value is -5.16. The number of para-hydroxylation sites is 1. The highest BCUT2D eigenvalue weighted by Gasteiger charge is 2.29. The van der Waals surface area contributed by atoms with Crippen molar-refractivity contribution in [2.24, 2.45) is 0 Å². The van der Waals surface area contributed by atoms with Gasteiger partial charge in [-0.25, -0.2) is 9.67 Å². The molecule has 0 saturated carbocycles. The molecule has 5 heteroatoms. The van der Waals surface area contributed by atoms with Crippen molar-refractivity contribution in [2.75, 3.05) is 0 Å². The van der Waals surface area contributed by atoms with Gasteiger partial charge in [-0.15, -0.1) is 0 Å². The molecule has 0 unspecified atom stereocenters. The number of aryl methyl sites for hydroxylation is 1. The molecule has 0 aliphatic rings. The Kier molecular flexibility index (Phi) is 9.13. The molecule has 0 radical (unpaired) electrons. The third-order valence-corrected chi connectivity index (χ3v) is 10.6. The van der Waals surface area contributed by atoms with Gasteiger partial charge >= 0.3 is 0 Å². The van der Waals surface area contributed by atoms with E-state index < -0.39 is 0 Å². The average Bonchev–Trinajstić information content (AvgIpc) is 3.59. The van der Waals surface area contributed by atoms with Crippen LogP contribution in [0.1, 0.15) is 115 Å². The van der Waals surface area contributed by atoms with E-state index in [1.165, 1.54) is 44.2 Å². The first-order valence-corrected chi connectivity index (χ1v) is 19.1. The predicted octanol–water partition coefficient (Wildman–Crippen LogP) is 13.3. The fourth-order valence-corrected chi connectivity index (χ4v) is 7.76. The van der Waals surface area contributed by atoms with Crippen LogP contribution < -0.4 is 4.74 Å². The first-order valence-electron chi connectivity index (χ1n) is 19.1. The van der Waals surface area contributed by atoms with Crippen molar-refractivity contribution < 1.29 is 4.74 Å². The van der Waals surface area contributed by atoms with Crippen molar-refractivity contribution in [1.29, 1.82) is 0 Å². The Bertz CT molecular complexity index is 2450. The van der Waals surface area contributed by atoms with E-state index in [0.717, 1.165) is 45.4 Å². The lowest BCUT2D eigenvalue weighted by atomic mass is 9.74. The molecule has 0 N–H and O–H groups in total. The highest BCUT2D eigenvalue weighted by atomic mass is 16.5. The summed E-state index contributed by atoms with van der Waals surface area (Å²) in [6.07, 6.45) is 1.92. The summed E-state index contributed by atoms with van der Waals surface area (Å²) in [6.45, 7) is 27.1. The summed E-state index contributed by atoms with van der Waals surface area (Å²) in [5, 5.41) is 7.59. The van der Waals surface area contributed by atoms with Gasteiger partial charge in [0.05, 0.1) is 22.4 Å². The molecule has 5 nitrogen and oxygen atoms in total. The number of ether oxygens (including phenoxy) is 1. The van der Waals surface area contributed by atoms with Crippen LogP contribution in [0.25, 0.3) is 44.4 Å². The Morgan fingerprint density at radius 3 is 1.92 bits per heavy atom. The monoisotopic (exact) mass is 702 g/mol. The highest BCUT2D eigenvalue weighted by molar-refractivity contribution is 6.09. The van der Waals surface area contributed by atoms with E-state index in [9.17, 15) is 0 Å². The lowest BCUT2D eigenvalue weighted by Crippen LogP contribution is -2.19. The van der Waals surface area contributed by atoms with E-state index >= 15 is 0 Å². The van der Waals surface area contributed by atoms with Gasteiger partial charge in [0.25, 0.3) is 0 Å². The smallest absolute Gasteiger partial charge is 0.137 e. The number of fused-ring (bicyclic) bond motifs is 3. The number of pyridine rings is 1.